The minimum absolute atomic E-state index is 0.0915. The second-order valence-corrected chi connectivity index (χ2v) is 12.5. The number of carbonyl (C=O) groups excluding carboxylic acids is 2. The molecule has 1 fully saturated rings. The van der Waals surface area contributed by atoms with E-state index in [0.717, 1.165) is 54.0 Å². The number of nitrogens with zero attached hydrogens (tertiary/aromatic N) is 1. The molecule has 4 N–H and O–H groups in total. The van der Waals surface area contributed by atoms with E-state index < -0.39 is 59.4 Å². The van der Waals surface area contributed by atoms with Crippen molar-refractivity contribution in [1.82, 2.24) is 20.5 Å². The molecule has 1 aromatic heterocycles. The van der Waals surface area contributed by atoms with Crippen LogP contribution in [0.4, 0.5) is 26.3 Å². The van der Waals surface area contributed by atoms with Crippen LogP contribution in [-0.4, -0.2) is 65.3 Å². The molecular formula is C35H40F6N4O4. The van der Waals surface area contributed by atoms with Crippen LogP contribution in [0.1, 0.15) is 82.5 Å². The van der Waals surface area contributed by atoms with Crippen molar-refractivity contribution in [1.29, 1.82) is 0 Å². The molecule has 1 aliphatic rings. The fraction of sp³-hybridized carbons (Fsp3) is 0.457. The Labute approximate surface area is 279 Å². The van der Waals surface area contributed by atoms with Gasteiger partial charge in [-0.2, -0.15) is 26.3 Å². The summed E-state index contributed by atoms with van der Waals surface area (Å²) >= 11 is 0. The number of nitrogens with one attached hydrogen (secondary N) is 3. The summed E-state index contributed by atoms with van der Waals surface area (Å²) in [4.78, 5) is 42.2. The van der Waals surface area contributed by atoms with Crippen LogP contribution in [0.25, 0.3) is 0 Å². The number of benzene rings is 2. The Balaban J connectivity index is 1.54. The van der Waals surface area contributed by atoms with Gasteiger partial charge >= 0.3 is 12.4 Å². The van der Waals surface area contributed by atoms with Crippen molar-refractivity contribution in [3.63, 3.8) is 0 Å². The van der Waals surface area contributed by atoms with Gasteiger partial charge in [0, 0.05) is 43.7 Å². The van der Waals surface area contributed by atoms with Gasteiger partial charge in [-0.05, 0) is 55.0 Å². The summed E-state index contributed by atoms with van der Waals surface area (Å²) < 4.78 is 78.5. The van der Waals surface area contributed by atoms with E-state index in [4.69, 9.17) is 0 Å². The molecule has 14 heteroatoms. The maximum absolute atomic E-state index is 13.6. The summed E-state index contributed by atoms with van der Waals surface area (Å²) in [5.41, 5.74) is -1.68. The molecule has 1 aliphatic carbocycles. The predicted molar refractivity (Wildman–Crippen MR) is 171 cm³/mol. The van der Waals surface area contributed by atoms with E-state index in [1.807, 2.05) is 0 Å². The van der Waals surface area contributed by atoms with Crippen LogP contribution in [0.3, 0.4) is 0 Å². The number of H-pyrrole nitrogens is 1. The van der Waals surface area contributed by atoms with Gasteiger partial charge in [0.05, 0.1) is 17.7 Å². The summed E-state index contributed by atoms with van der Waals surface area (Å²) in [6, 6.07) is 15.2. The molecular weight excluding hydrogens is 654 g/mol. The van der Waals surface area contributed by atoms with E-state index in [9.17, 15) is 45.8 Å². The van der Waals surface area contributed by atoms with E-state index in [-0.39, 0.29) is 37.2 Å². The van der Waals surface area contributed by atoms with Crippen molar-refractivity contribution >= 4 is 11.8 Å². The van der Waals surface area contributed by atoms with Crippen LogP contribution >= 0.6 is 0 Å². The molecule has 266 valence electrons. The van der Waals surface area contributed by atoms with Gasteiger partial charge in [0.1, 0.15) is 5.69 Å². The molecule has 0 radical (unpaired) electrons. The normalized spacial score (nSPS) is 16.1. The van der Waals surface area contributed by atoms with E-state index >= 15 is 0 Å². The van der Waals surface area contributed by atoms with Crippen molar-refractivity contribution in [2.75, 3.05) is 20.1 Å². The minimum atomic E-state index is -4.53. The lowest BCUT2D eigenvalue weighted by Gasteiger charge is -2.40. The van der Waals surface area contributed by atoms with Gasteiger partial charge in [-0.3, -0.25) is 14.4 Å². The fourth-order valence-corrected chi connectivity index (χ4v) is 6.18. The lowest BCUT2D eigenvalue weighted by Crippen LogP contribution is -2.53. The highest BCUT2D eigenvalue weighted by molar-refractivity contribution is 5.98. The van der Waals surface area contributed by atoms with Crippen molar-refractivity contribution in [2.24, 2.45) is 0 Å². The zero-order valence-electron chi connectivity index (χ0n) is 27.0. The minimum Gasteiger partial charge on any atom is -0.390 e. The number of aliphatic hydroxyl groups is 1. The highest BCUT2D eigenvalue weighted by Gasteiger charge is 2.38. The Kier molecular flexibility index (Phi) is 12.3. The molecule has 0 spiro atoms. The SMILES string of the molecule is CN(CCCC(F)(F)F)C(=O)c1cc(C(=O)N[C@@H](Cc2ccccc2)[C@H](O)CNC2(c3cccc(C(F)(F)F)c3)CCCCC2)[nH]c(=O)c1. The number of alkyl halides is 6. The Morgan fingerprint density at radius 1 is 0.959 bits per heavy atom. The van der Waals surface area contributed by atoms with Crippen molar-refractivity contribution < 1.29 is 41.0 Å². The maximum Gasteiger partial charge on any atom is 0.416 e. The molecule has 1 saturated carbocycles. The standard InChI is InChI=1S/C35H40F6N4O4/c1-45(17-9-16-34(36,37)38)32(49)24-19-28(43-30(47)20-24)31(48)44-27(18-23-10-4-2-5-11-23)29(46)22-42-33(14-6-3-7-15-33)25-12-8-13-26(21-25)35(39,40)41/h2,4-5,8,10-13,19-21,27,29,42,46H,3,6-7,9,14-18,22H2,1H3,(H,43,47)(H,44,48)/t27-,29+/m0/s1. The Morgan fingerprint density at radius 2 is 1.65 bits per heavy atom. The molecule has 1 heterocycles. The zero-order chi connectivity index (χ0) is 35.8. The summed E-state index contributed by atoms with van der Waals surface area (Å²) in [6.45, 7) is -0.321. The number of carbonyl (C=O) groups is 2. The molecule has 0 saturated heterocycles. The molecule has 8 nitrogen and oxygen atoms in total. The van der Waals surface area contributed by atoms with E-state index in [1.54, 1.807) is 36.4 Å². The molecule has 0 unspecified atom stereocenters. The third kappa shape index (κ3) is 10.7. The van der Waals surface area contributed by atoms with Gasteiger partial charge in [-0.1, -0.05) is 61.7 Å². The first-order chi connectivity index (χ1) is 23.1. The van der Waals surface area contributed by atoms with Crippen molar-refractivity contribution in [3.05, 3.63) is 105 Å². The van der Waals surface area contributed by atoms with Crippen molar-refractivity contribution in [3.8, 4) is 0 Å². The van der Waals surface area contributed by atoms with E-state index in [2.05, 4.69) is 15.6 Å². The molecule has 49 heavy (non-hydrogen) atoms. The number of amides is 2. The third-order valence-corrected chi connectivity index (χ3v) is 8.81. The molecule has 0 bridgehead atoms. The number of pyridine rings is 1. The second-order valence-electron chi connectivity index (χ2n) is 12.5. The molecule has 2 amide bonds. The van der Waals surface area contributed by atoms with Gasteiger partial charge in [-0.25, -0.2) is 0 Å². The Bertz CT molecular complexity index is 1620. The Morgan fingerprint density at radius 3 is 2.31 bits per heavy atom. The number of hydrogen-bond donors (Lipinski definition) is 4. The first-order valence-electron chi connectivity index (χ1n) is 16.1. The van der Waals surface area contributed by atoms with Crippen LogP contribution in [0.2, 0.25) is 0 Å². The topological polar surface area (TPSA) is 115 Å². The van der Waals surface area contributed by atoms with Crippen LogP contribution in [0.15, 0.2) is 71.5 Å². The molecule has 2 aromatic carbocycles. The quantitative estimate of drug-likeness (QED) is 0.165. The molecule has 3 aromatic rings. The number of aliphatic hydroxyl groups excluding tert-OH is 1. The summed E-state index contributed by atoms with van der Waals surface area (Å²) in [7, 11) is 1.29. The zero-order valence-corrected chi connectivity index (χ0v) is 27.0. The first-order valence-corrected chi connectivity index (χ1v) is 16.1. The predicted octanol–water partition coefficient (Wildman–Crippen LogP) is 5.96. The highest BCUT2D eigenvalue weighted by atomic mass is 19.4. The van der Waals surface area contributed by atoms with Crippen LogP contribution < -0.4 is 16.2 Å². The average Bonchev–Trinajstić information content (AvgIpc) is 3.06. The largest absolute Gasteiger partial charge is 0.416 e. The average molecular weight is 695 g/mol. The van der Waals surface area contributed by atoms with Gasteiger partial charge < -0.3 is 25.6 Å². The number of hydrogen-bond acceptors (Lipinski definition) is 5. The molecule has 0 aliphatic heterocycles. The summed E-state index contributed by atoms with van der Waals surface area (Å²) in [6.07, 6.45) is -7.90. The number of aromatic nitrogens is 1. The number of aromatic amines is 1. The van der Waals surface area contributed by atoms with Crippen LogP contribution in [-0.2, 0) is 18.1 Å². The van der Waals surface area contributed by atoms with Gasteiger partial charge in [0.25, 0.3) is 11.8 Å². The number of halogens is 6. The van der Waals surface area contributed by atoms with Crippen molar-refractivity contribution in [2.45, 2.75) is 81.4 Å². The Hall–Kier alpha value is -4.17. The van der Waals surface area contributed by atoms with Gasteiger partial charge in [0.2, 0.25) is 5.56 Å². The summed E-state index contributed by atoms with van der Waals surface area (Å²) in [5.74, 6) is -1.57. The fourth-order valence-electron chi connectivity index (χ4n) is 6.18. The third-order valence-electron chi connectivity index (χ3n) is 8.81. The van der Waals surface area contributed by atoms with Crippen LogP contribution in [0, 0.1) is 0 Å². The first kappa shape index (κ1) is 37.6. The van der Waals surface area contributed by atoms with Crippen LogP contribution in [0.5, 0.6) is 0 Å². The van der Waals surface area contributed by atoms with E-state index in [1.165, 1.54) is 13.1 Å². The second kappa shape index (κ2) is 16.0. The van der Waals surface area contributed by atoms with Gasteiger partial charge in [-0.15, -0.1) is 0 Å². The maximum atomic E-state index is 13.6. The highest BCUT2D eigenvalue weighted by Crippen LogP contribution is 2.39. The van der Waals surface area contributed by atoms with E-state index in [0.29, 0.717) is 18.4 Å². The monoisotopic (exact) mass is 694 g/mol. The summed E-state index contributed by atoms with van der Waals surface area (Å²) in [5, 5.41) is 17.5. The smallest absolute Gasteiger partial charge is 0.390 e. The molecule has 4 rings (SSSR count). The molecule has 2 atom stereocenters. The lowest BCUT2D eigenvalue weighted by atomic mass is 9.76. The van der Waals surface area contributed by atoms with Gasteiger partial charge in [0.15, 0.2) is 0 Å². The number of rotatable bonds is 13. The lowest BCUT2D eigenvalue weighted by molar-refractivity contribution is -0.138.